The van der Waals surface area contributed by atoms with Crippen molar-refractivity contribution in [2.45, 2.75) is 25.8 Å². The molecule has 31 heavy (non-hydrogen) atoms. The number of para-hydroxylation sites is 1. The normalized spacial score (nSPS) is 16.1. The van der Waals surface area contributed by atoms with Gasteiger partial charge >= 0.3 is 0 Å². The second kappa shape index (κ2) is 9.98. The monoisotopic (exact) mass is 438 g/mol. The Kier molecular flexibility index (Phi) is 6.89. The molecule has 1 saturated heterocycles. The van der Waals surface area contributed by atoms with Gasteiger partial charge in [-0.25, -0.2) is 4.98 Å². The van der Waals surface area contributed by atoms with Crippen LogP contribution in [0.3, 0.4) is 0 Å². The molecule has 0 aliphatic carbocycles. The second-order valence-corrected chi connectivity index (χ2v) is 8.35. The van der Waals surface area contributed by atoms with Crippen LogP contribution in [0, 0.1) is 5.92 Å². The Morgan fingerprint density at radius 3 is 2.71 bits per heavy atom. The Morgan fingerprint density at radius 2 is 2.00 bits per heavy atom. The Bertz CT molecular complexity index is 983. The van der Waals surface area contributed by atoms with Crippen molar-refractivity contribution in [1.82, 2.24) is 9.88 Å². The van der Waals surface area contributed by atoms with Crippen LogP contribution in [0.5, 0.6) is 0 Å². The standard InChI is InChI=1S/C24H27ClN4O2/c1-17(22-7-4-14-31-22)29-12-10-18(11-13-29)15-26-21-6-3-2-5-20(21)24(30)28-23-9-8-19(25)16-27-23/h2-9,14,16-18,26H,10-13,15H2,1H3,(H,27,28,30). The number of furan rings is 1. The van der Waals surface area contributed by atoms with Crippen molar-refractivity contribution < 1.29 is 9.21 Å². The molecule has 162 valence electrons. The van der Waals surface area contributed by atoms with Gasteiger partial charge in [-0.05, 0) is 75.2 Å². The van der Waals surface area contributed by atoms with Gasteiger partial charge in [0.05, 0.1) is 22.9 Å². The number of benzene rings is 1. The van der Waals surface area contributed by atoms with Gasteiger partial charge in [-0.1, -0.05) is 23.7 Å². The van der Waals surface area contributed by atoms with Crippen LogP contribution in [0.2, 0.25) is 5.02 Å². The van der Waals surface area contributed by atoms with Gasteiger partial charge in [0.15, 0.2) is 0 Å². The topological polar surface area (TPSA) is 70.4 Å². The number of carbonyl (C=O) groups excluding carboxylic acids is 1. The van der Waals surface area contributed by atoms with Crippen LogP contribution in [0.1, 0.15) is 41.9 Å². The predicted octanol–water partition coefficient (Wildman–Crippen LogP) is 5.47. The van der Waals surface area contributed by atoms with Crippen molar-refractivity contribution in [1.29, 1.82) is 0 Å². The van der Waals surface area contributed by atoms with Gasteiger partial charge in [0.25, 0.3) is 5.91 Å². The molecule has 1 unspecified atom stereocenters. The summed E-state index contributed by atoms with van der Waals surface area (Å²) in [6.07, 6.45) is 5.47. The molecule has 4 rings (SSSR count). The molecular formula is C24H27ClN4O2. The number of aromatic nitrogens is 1. The maximum absolute atomic E-state index is 12.8. The third kappa shape index (κ3) is 5.46. The Morgan fingerprint density at radius 1 is 1.19 bits per heavy atom. The van der Waals surface area contributed by atoms with Crippen LogP contribution >= 0.6 is 11.6 Å². The van der Waals surface area contributed by atoms with E-state index < -0.39 is 0 Å². The highest BCUT2D eigenvalue weighted by molar-refractivity contribution is 6.30. The first-order valence-electron chi connectivity index (χ1n) is 10.6. The van der Waals surface area contributed by atoms with E-state index >= 15 is 0 Å². The number of halogens is 1. The average Bonchev–Trinajstić information content (AvgIpc) is 3.34. The summed E-state index contributed by atoms with van der Waals surface area (Å²) < 4.78 is 5.56. The molecule has 3 heterocycles. The highest BCUT2D eigenvalue weighted by Gasteiger charge is 2.25. The number of likely N-dealkylation sites (tertiary alicyclic amines) is 1. The summed E-state index contributed by atoms with van der Waals surface area (Å²) in [6.45, 7) is 5.12. The van der Waals surface area contributed by atoms with Crippen LogP contribution in [0.4, 0.5) is 11.5 Å². The summed E-state index contributed by atoms with van der Waals surface area (Å²) in [5.74, 6) is 1.86. The highest BCUT2D eigenvalue weighted by Crippen LogP contribution is 2.27. The molecule has 2 N–H and O–H groups in total. The van der Waals surface area contributed by atoms with Crippen molar-refractivity contribution in [2.75, 3.05) is 30.3 Å². The molecule has 6 nitrogen and oxygen atoms in total. The van der Waals surface area contributed by atoms with Crippen molar-refractivity contribution in [3.8, 4) is 0 Å². The van der Waals surface area contributed by atoms with E-state index in [1.807, 2.05) is 36.4 Å². The zero-order chi connectivity index (χ0) is 21.6. The number of anilines is 2. The summed E-state index contributed by atoms with van der Waals surface area (Å²) in [7, 11) is 0. The van der Waals surface area contributed by atoms with Crippen LogP contribution in [0.15, 0.2) is 65.4 Å². The smallest absolute Gasteiger partial charge is 0.258 e. The van der Waals surface area contributed by atoms with Gasteiger partial charge in [-0.15, -0.1) is 0 Å². The number of piperidine rings is 1. The van der Waals surface area contributed by atoms with Gasteiger partial charge in [0, 0.05) is 18.4 Å². The Labute approximate surface area is 187 Å². The van der Waals surface area contributed by atoms with E-state index in [9.17, 15) is 4.79 Å². The SMILES string of the molecule is CC(c1ccco1)N1CCC(CNc2ccccc2C(=O)Nc2ccc(Cl)cn2)CC1. The van der Waals surface area contributed by atoms with E-state index in [0.717, 1.165) is 43.9 Å². The average molecular weight is 439 g/mol. The molecule has 7 heteroatoms. The minimum absolute atomic E-state index is 0.194. The van der Waals surface area contributed by atoms with Crippen LogP contribution in [-0.4, -0.2) is 35.4 Å². The molecule has 0 saturated carbocycles. The molecule has 1 aliphatic heterocycles. The van der Waals surface area contributed by atoms with Gasteiger partial charge in [0.1, 0.15) is 11.6 Å². The van der Waals surface area contributed by atoms with E-state index in [1.165, 1.54) is 6.20 Å². The van der Waals surface area contributed by atoms with Crippen molar-refractivity contribution in [3.05, 3.63) is 77.3 Å². The third-order valence-corrected chi connectivity index (χ3v) is 6.10. The third-order valence-electron chi connectivity index (χ3n) is 5.87. The molecule has 1 amide bonds. The number of nitrogens with zero attached hydrogens (tertiary/aromatic N) is 2. The van der Waals surface area contributed by atoms with Gasteiger partial charge in [-0.2, -0.15) is 0 Å². The zero-order valence-electron chi connectivity index (χ0n) is 17.6. The number of carbonyl (C=O) groups is 1. The Hall–Kier alpha value is -2.83. The number of nitrogens with one attached hydrogen (secondary N) is 2. The van der Waals surface area contributed by atoms with Crippen molar-refractivity contribution in [2.24, 2.45) is 5.92 Å². The summed E-state index contributed by atoms with van der Waals surface area (Å²) in [5.41, 5.74) is 1.43. The first-order valence-corrected chi connectivity index (χ1v) is 11.0. The summed E-state index contributed by atoms with van der Waals surface area (Å²) in [5, 5.41) is 6.85. The summed E-state index contributed by atoms with van der Waals surface area (Å²) in [6, 6.07) is 15.2. The lowest BCUT2D eigenvalue weighted by Crippen LogP contribution is -2.37. The molecule has 1 atom stereocenters. The van der Waals surface area contributed by atoms with Crippen molar-refractivity contribution in [3.63, 3.8) is 0 Å². The number of rotatable bonds is 7. The summed E-state index contributed by atoms with van der Waals surface area (Å²) in [4.78, 5) is 19.4. The minimum atomic E-state index is -0.194. The molecule has 1 fully saturated rings. The Balaban J connectivity index is 1.31. The van der Waals surface area contributed by atoms with E-state index in [4.69, 9.17) is 16.0 Å². The molecule has 2 aromatic heterocycles. The van der Waals surface area contributed by atoms with E-state index in [-0.39, 0.29) is 5.91 Å². The quantitative estimate of drug-likeness (QED) is 0.512. The maximum Gasteiger partial charge on any atom is 0.258 e. The number of hydrogen-bond donors (Lipinski definition) is 2. The first kappa shape index (κ1) is 21.4. The second-order valence-electron chi connectivity index (χ2n) is 7.91. The lowest BCUT2D eigenvalue weighted by Gasteiger charge is -2.35. The lowest BCUT2D eigenvalue weighted by atomic mass is 9.95. The number of hydrogen-bond acceptors (Lipinski definition) is 5. The van der Waals surface area contributed by atoms with Crippen LogP contribution in [0.25, 0.3) is 0 Å². The first-order chi connectivity index (χ1) is 15.1. The summed E-state index contributed by atoms with van der Waals surface area (Å²) >= 11 is 5.86. The lowest BCUT2D eigenvalue weighted by molar-refractivity contribution is 0.102. The fraction of sp³-hybridized carbons (Fsp3) is 0.333. The van der Waals surface area contributed by atoms with E-state index in [0.29, 0.717) is 28.4 Å². The van der Waals surface area contributed by atoms with Crippen molar-refractivity contribution >= 4 is 29.0 Å². The largest absolute Gasteiger partial charge is 0.468 e. The molecule has 3 aromatic rings. The molecule has 0 spiro atoms. The maximum atomic E-state index is 12.8. The fourth-order valence-electron chi connectivity index (χ4n) is 3.98. The minimum Gasteiger partial charge on any atom is -0.468 e. The van der Waals surface area contributed by atoms with Crippen LogP contribution in [-0.2, 0) is 0 Å². The zero-order valence-corrected chi connectivity index (χ0v) is 18.3. The molecule has 0 radical (unpaired) electrons. The number of pyridine rings is 1. The van der Waals surface area contributed by atoms with Gasteiger partial charge < -0.3 is 15.1 Å². The van der Waals surface area contributed by atoms with E-state index in [1.54, 1.807) is 18.4 Å². The van der Waals surface area contributed by atoms with Crippen LogP contribution < -0.4 is 10.6 Å². The molecule has 1 aliphatic rings. The van der Waals surface area contributed by atoms with E-state index in [2.05, 4.69) is 27.4 Å². The van der Waals surface area contributed by atoms with Gasteiger partial charge in [-0.3, -0.25) is 9.69 Å². The number of amides is 1. The van der Waals surface area contributed by atoms with Gasteiger partial charge in [0.2, 0.25) is 0 Å². The molecule has 1 aromatic carbocycles. The predicted molar refractivity (Wildman–Crippen MR) is 124 cm³/mol. The molecule has 0 bridgehead atoms. The molecular weight excluding hydrogens is 412 g/mol. The fourth-order valence-corrected chi connectivity index (χ4v) is 4.09. The highest BCUT2D eigenvalue weighted by atomic mass is 35.5.